The number of hydrogen-bond donors (Lipinski definition) is 1. The molecule has 2 rings (SSSR count). The first-order valence-electron chi connectivity index (χ1n) is 6.55. The molecule has 0 aliphatic heterocycles. The molecule has 1 aromatic heterocycles. The predicted octanol–water partition coefficient (Wildman–Crippen LogP) is 2.53. The molecule has 1 N–H and O–H groups in total. The van der Waals surface area contributed by atoms with E-state index in [0.29, 0.717) is 6.54 Å². The van der Waals surface area contributed by atoms with E-state index in [1.54, 1.807) is 13.3 Å². The minimum absolute atomic E-state index is 0.0150. The fourth-order valence-electron chi connectivity index (χ4n) is 2.23. The van der Waals surface area contributed by atoms with Crippen LogP contribution in [0.25, 0.3) is 0 Å². The molecule has 0 unspecified atom stereocenters. The Morgan fingerprint density at radius 3 is 2.70 bits per heavy atom. The highest BCUT2D eigenvalue weighted by atomic mass is 16.5. The number of anilines is 1. The Bertz CT molecular complexity index is 584. The first-order valence-corrected chi connectivity index (χ1v) is 6.55. The van der Waals surface area contributed by atoms with Gasteiger partial charge in [-0.15, -0.1) is 0 Å². The van der Waals surface area contributed by atoms with Gasteiger partial charge in [0.2, 0.25) is 0 Å². The van der Waals surface area contributed by atoms with Crippen LogP contribution in [-0.4, -0.2) is 24.2 Å². The number of aryl methyl sites for hydroxylation is 1. The van der Waals surface area contributed by atoms with Gasteiger partial charge in [0.15, 0.2) is 0 Å². The lowest BCUT2D eigenvalue weighted by molar-refractivity contribution is 0.281. The maximum atomic E-state index is 9.43. The van der Waals surface area contributed by atoms with Crippen molar-refractivity contribution in [1.29, 1.82) is 0 Å². The van der Waals surface area contributed by atoms with E-state index in [-0.39, 0.29) is 6.61 Å². The number of para-hydroxylation sites is 1. The van der Waals surface area contributed by atoms with Crippen molar-refractivity contribution in [3.8, 4) is 5.75 Å². The van der Waals surface area contributed by atoms with Gasteiger partial charge in [-0.25, -0.2) is 0 Å². The number of benzene rings is 1. The summed E-state index contributed by atoms with van der Waals surface area (Å²) in [5.74, 6) is 0.871. The van der Waals surface area contributed by atoms with Gasteiger partial charge in [-0.05, 0) is 19.1 Å². The molecule has 0 saturated heterocycles. The largest absolute Gasteiger partial charge is 0.496 e. The zero-order valence-electron chi connectivity index (χ0n) is 12.1. The number of nitrogens with zero attached hydrogens (tertiary/aromatic N) is 2. The summed E-state index contributed by atoms with van der Waals surface area (Å²) >= 11 is 0. The minimum atomic E-state index is -0.0150. The molecular weight excluding hydrogens is 252 g/mol. The Morgan fingerprint density at radius 2 is 2.00 bits per heavy atom. The minimum Gasteiger partial charge on any atom is -0.496 e. The molecule has 0 bridgehead atoms. The molecule has 0 aliphatic rings. The molecule has 20 heavy (non-hydrogen) atoms. The Kier molecular flexibility index (Phi) is 4.58. The summed E-state index contributed by atoms with van der Waals surface area (Å²) in [6.07, 6.45) is 1.73. The summed E-state index contributed by atoms with van der Waals surface area (Å²) in [6, 6.07) is 9.94. The van der Waals surface area contributed by atoms with Crippen LogP contribution in [0, 0.1) is 6.92 Å². The van der Waals surface area contributed by atoms with Crippen molar-refractivity contribution in [3.05, 3.63) is 53.3 Å². The Morgan fingerprint density at radius 1 is 1.25 bits per heavy atom. The average Bonchev–Trinajstić information content (AvgIpc) is 2.47. The number of methoxy groups -OCH3 is 1. The molecule has 0 amide bonds. The lowest BCUT2D eigenvalue weighted by Crippen LogP contribution is -2.19. The van der Waals surface area contributed by atoms with Crippen LogP contribution >= 0.6 is 0 Å². The second kappa shape index (κ2) is 6.39. The van der Waals surface area contributed by atoms with Crippen LogP contribution in [0.3, 0.4) is 0 Å². The van der Waals surface area contributed by atoms with Crippen LogP contribution in [-0.2, 0) is 13.2 Å². The molecule has 0 fully saturated rings. The number of aromatic nitrogens is 1. The van der Waals surface area contributed by atoms with Gasteiger partial charge in [0.25, 0.3) is 0 Å². The fraction of sp³-hybridized carbons (Fsp3) is 0.312. The summed E-state index contributed by atoms with van der Waals surface area (Å²) in [6.45, 7) is 2.64. The van der Waals surface area contributed by atoms with Gasteiger partial charge in [0, 0.05) is 42.3 Å². The first-order chi connectivity index (χ1) is 9.65. The molecule has 4 heteroatoms. The number of rotatable bonds is 5. The number of hydrogen-bond acceptors (Lipinski definition) is 4. The van der Waals surface area contributed by atoms with Crippen LogP contribution in [0.15, 0.2) is 36.5 Å². The van der Waals surface area contributed by atoms with Crippen molar-refractivity contribution in [2.75, 3.05) is 19.1 Å². The van der Waals surface area contributed by atoms with Crippen LogP contribution in [0.5, 0.6) is 5.75 Å². The number of pyridine rings is 1. The quantitative estimate of drug-likeness (QED) is 0.908. The topological polar surface area (TPSA) is 45.6 Å². The highest BCUT2D eigenvalue weighted by molar-refractivity contribution is 5.53. The summed E-state index contributed by atoms with van der Waals surface area (Å²) in [4.78, 5) is 6.32. The van der Waals surface area contributed by atoms with Gasteiger partial charge in [-0.3, -0.25) is 4.98 Å². The van der Waals surface area contributed by atoms with E-state index < -0.39 is 0 Å². The second-order valence-corrected chi connectivity index (χ2v) is 4.78. The molecule has 4 nitrogen and oxygen atoms in total. The van der Waals surface area contributed by atoms with Crippen LogP contribution < -0.4 is 9.64 Å². The molecule has 1 aromatic carbocycles. The van der Waals surface area contributed by atoms with E-state index in [4.69, 9.17) is 4.74 Å². The fourth-order valence-corrected chi connectivity index (χ4v) is 2.23. The normalized spacial score (nSPS) is 10.4. The summed E-state index contributed by atoms with van der Waals surface area (Å²) in [5, 5.41) is 9.43. The van der Waals surface area contributed by atoms with E-state index >= 15 is 0 Å². The number of aliphatic hydroxyl groups is 1. The molecule has 0 spiro atoms. The van der Waals surface area contributed by atoms with Crippen molar-refractivity contribution in [3.63, 3.8) is 0 Å². The van der Waals surface area contributed by atoms with E-state index in [9.17, 15) is 5.11 Å². The molecule has 0 aliphatic carbocycles. The third-order valence-corrected chi connectivity index (χ3v) is 3.28. The van der Waals surface area contributed by atoms with Crippen molar-refractivity contribution in [2.45, 2.75) is 20.1 Å². The van der Waals surface area contributed by atoms with E-state index in [1.165, 1.54) is 0 Å². The summed E-state index contributed by atoms with van der Waals surface area (Å²) in [7, 11) is 3.68. The molecule has 0 saturated carbocycles. The third kappa shape index (κ3) is 3.08. The second-order valence-electron chi connectivity index (χ2n) is 4.78. The lowest BCUT2D eigenvalue weighted by Gasteiger charge is -2.23. The van der Waals surface area contributed by atoms with Crippen LogP contribution in [0.1, 0.15) is 16.8 Å². The van der Waals surface area contributed by atoms with Crippen molar-refractivity contribution >= 4 is 5.69 Å². The highest BCUT2D eigenvalue weighted by Crippen LogP contribution is 2.25. The van der Waals surface area contributed by atoms with Crippen LogP contribution in [0.4, 0.5) is 5.69 Å². The van der Waals surface area contributed by atoms with Crippen molar-refractivity contribution < 1.29 is 9.84 Å². The molecule has 106 valence electrons. The van der Waals surface area contributed by atoms with Gasteiger partial charge < -0.3 is 14.7 Å². The van der Waals surface area contributed by atoms with Gasteiger partial charge in [-0.2, -0.15) is 0 Å². The predicted molar refractivity (Wildman–Crippen MR) is 80.0 cm³/mol. The molecular formula is C16H20N2O2. The summed E-state index contributed by atoms with van der Waals surface area (Å²) < 4.78 is 5.37. The maximum Gasteiger partial charge on any atom is 0.123 e. The van der Waals surface area contributed by atoms with E-state index in [1.807, 2.05) is 44.3 Å². The van der Waals surface area contributed by atoms with Gasteiger partial charge in [0.1, 0.15) is 5.75 Å². The molecule has 1 heterocycles. The molecule has 0 radical (unpaired) electrons. The highest BCUT2D eigenvalue weighted by Gasteiger charge is 2.11. The van der Waals surface area contributed by atoms with Crippen molar-refractivity contribution in [2.24, 2.45) is 0 Å². The van der Waals surface area contributed by atoms with Crippen molar-refractivity contribution in [1.82, 2.24) is 4.98 Å². The number of aliphatic hydroxyl groups excluding tert-OH is 1. The SMILES string of the molecule is COc1ccccc1CN(C)c1cc(C)ncc1CO. The Hall–Kier alpha value is -2.07. The standard InChI is InChI=1S/C16H20N2O2/c1-12-8-15(14(11-19)9-17-12)18(2)10-13-6-4-5-7-16(13)20-3/h4-9,19H,10-11H2,1-3H3. The number of ether oxygens (including phenoxy) is 1. The Balaban J connectivity index is 2.28. The monoisotopic (exact) mass is 272 g/mol. The van der Waals surface area contributed by atoms with E-state index in [2.05, 4.69) is 9.88 Å². The van der Waals surface area contributed by atoms with Gasteiger partial charge >= 0.3 is 0 Å². The average molecular weight is 272 g/mol. The molecule has 2 aromatic rings. The zero-order valence-corrected chi connectivity index (χ0v) is 12.1. The Labute approximate surface area is 119 Å². The van der Waals surface area contributed by atoms with Gasteiger partial charge in [-0.1, -0.05) is 18.2 Å². The van der Waals surface area contributed by atoms with Gasteiger partial charge in [0.05, 0.1) is 13.7 Å². The third-order valence-electron chi connectivity index (χ3n) is 3.28. The first kappa shape index (κ1) is 14.3. The molecule has 0 atom stereocenters. The van der Waals surface area contributed by atoms with Crippen LogP contribution in [0.2, 0.25) is 0 Å². The summed E-state index contributed by atoms with van der Waals surface area (Å²) in [5.41, 5.74) is 3.86. The maximum absolute atomic E-state index is 9.43. The zero-order chi connectivity index (χ0) is 14.5. The van der Waals surface area contributed by atoms with E-state index in [0.717, 1.165) is 28.3 Å². The lowest BCUT2D eigenvalue weighted by atomic mass is 10.1. The smallest absolute Gasteiger partial charge is 0.123 e.